The van der Waals surface area contributed by atoms with E-state index in [1.54, 1.807) is 25.1 Å². The normalized spacial score (nSPS) is 13.8. The summed E-state index contributed by atoms with van der Waals surface area (Å²) in [5.74, 6) is 1.37. The molecule has 0 saturated carbocycles. The van der Waals surface area contributed by atoms with Crippen LogP contribution in [0, 0.1) is 11.8 Å². The van der Waals surface area contributed by atoms with Crippen LogP contribution in [0.25, 0.3) is 0 Å². The van der Waals surface area contributed by atoms with Gasteiger partial charge in [-0.2, -0.15) is 0 Å². The molecule has 2 atom stereocenters. The van der Waals surface area contributed by atoms with E-state index in [0.29, 0.717) is 17.6 Å². The molecule has 0 bridgehead atoms. The van der Waals surface area contributed by atoms with E-state index < -0.39 is 0 Å². The van der Waals surface area contributed by atoms with Gasteiger partial charge in [0.25, 0.3) is 0 Å². The molecule has 0 aliphatic carbocycles. The van der Waals surface area contributed by atoms with Crippen molar-refractivity contribution < 1.29 is 13.6 Å². The zero-order chi connectivity index (χ0) is 17.2. The highest BCUT2D eigenvalue weighted by molar-refractivity contribution is 5.78. The number of ketones is 1. The number of hydrogen-bond acceptors (Lipinski definition) is 3. The van der Waals surface area contributed by atoms with E-state index in [1.165, 1.54) is 11.1 Å². The van der Waals surface area contributed by atoms with Crippen LogP contribution < -0.4 is 0 Å². The van der Waals surface area contributed by atoms with Crippen molar-refractivity contribution in [3.8, 4) is 0 Å². The SMILES string of the molecule is C[C@H](CCCc1ccoc1)CC(=O)C[C@@H](C)CCCc1ccoc1. The zero-order valence-electron chi connectivity index (χ0n) is 15.0. The molecule has 0 aliphatic rings. The van der Waals surface area contributed by atoms with E-state index >= 15 is 0 Å². The molecule has 0 fully saturated rings. The topological polar surface area (TPSA) is 43.4 Å². The lowest BCUT2D eigenvalue weighted by atomic mass is 9.91. The van der Waals surface area contributed by atoms with Gasteiger partial charge in [0, 0.05) is 12.8 Å². The molecule has 2 aromatic heterocycles. The summed E-state index contributed by atoms with van der Waals surface area (Å²) in [5.41, 5.74) is 2.50. The van der Waals surface area contributed by atoms with E-state index in [0.717, 1.165) is 51.4 Å². The molecule has 0 N–H and O–H groups in total. The summed E-state index contributed by atoms with van der Waals surface area (Å²) in [6, 6.07) is 4.03. The molecule has 3 heteroatoms. The van der Waals surface area contributed by atoms with Gasteiger partial charge in [0.1, 0.15) is 5.78 Å². The Morgan fingerprint density at radius 1 is 0.875 bits per heavy atom. The molecule has 2 aromatic rings. The molecule has 0 unspecified atom stereocenters. The Labute approximate surface area is 145 Å². The van der Waals surface area contributed by atoms with Crippen molar-refractivity contribution in [1.29, 1.82) is 0 Å². The molecular formula is C21H30O3. The number of rotatable bonds is 12. The minimum atomic E-state index is 0.418. The maximum Gasteiger partial charge on any atom is 0.133 e. The monoisotopic (exact) mass is 330 g/mol. The standard InChI is InChI=1S/C21H30O3/c1-17(5-3-7-19-9-11-23-15-19)13-21(22)14-18(2)6-4-8-20-10-12-24-16-20/h9-12,15-18H,3-8,13-14H2,1-2H3/t17-,18+. The first-order valence-electron chi connectivity index (χ1n) is 9.17. The number of Topliss-reactive ketones (excluding diaryl/α,β-unsaturated/α-hetero) is 1. The van der Waals surface area contributed by atoms with Crippen molar-refractivity contribution in [2.75, 3.05) is 0 Å². The summed E-state index contributed by atoms with van der Waals surface area (Å²) in [4.78, 5) is 12.2. The Balaban J connectivity index is 1.54. The quantitative estimate of drug-likeness (QED) is 0.491. The smallest absolute Gasteiger partial charge is 0.133 e. The van der Waals surface area contributed by atoms with Gasteiger partial charge in [0.05, 0.1) is 25.1 Å². The van der Waals surface area contributed by atoms with Crippen molar-refractivity contribution in [3.05, 3.63) is 48.3 Å². The van der Waals surface area contributed by atoms with Crippen LogP contribution in [0.2, 0.25) is 0 Å². The molecule has 2 rings (SSSR count). The van der Waals surface area contributed by atoms with E-state index in [1.807, 2.05) is 12.1 Å². The van der Waals surface area contributed by atoms with Crippen molar-refractivity contribution >= 4 is 5.78 Å². The van der Waals surface area contributed by atoms with E-state index in [4.69, 9.17) is 8.83 Å². The van der Waals surface area contributed by atoms with Gasteiger partial charge in [-0.1, -0.05) is 13.8 Å². The van der Waals surface area contributed by atoms with Gasteiger partial charge < -0.3 is 8.83 Å². The fraction of sp³-hybridized carbons (Fsp3) is 0.571. The first-order valence-corrected chi connectivity index (χ1v) is 9.17. The lowest BCUT2D eigenvalue weighted by molar-refractivity contribution is -0.120. The molecule has 24 heavy (non-hydrogen) atoms. The highest BCUT2D eigenvalue weighted by atomic mass is 16.3. The van der Waals surface area contributed by atoms with Crippen LogP contribution in [0.1, 0.15) is 63.5 Å². The Kier molecular flexibility index (Phi) is 7.87. The fourth-order valence-corrected chi connectivity index (χ4v) is 3.24. The maximum absolute atomic E-state index is 12.2. The largest absolute Gasteiger partial charge is 0.472 e. The van der Waals surface area contributed by atoms with E-state index in [-0.39, 0.29) is 0 Å². The molecule has 132 valence electrons. The Bertz CT molecular complexity index is 504. The third-order valence-corrected chi connectivity index (χ3v) is 4.64. The molecular weight excluding hydrogens is 300 g/mol. The lowest BCUT2D eigenvalue weighted by Gasteiger charge is -2.13. The van der Waals surface area contributed by atoms with Gasteiger partial charge >= 0.3 is 0 Å². The zero-order valence-corrected chi connectivity index (χ0v) is 15.0. The second-order valence-corrected chi connectivity index (χ2v) is 7.20. The van der Waals surface area contributed by atoms with Crippen molar-refractivity contribution in [2.24, 2.45) is 11.8 Å². The summed E-state index contributed by atoms with van der Waals surface area (Å²) in [6.45, 7) is 4.38. The van der Waals surface area contributed by atoms with Gasteiger partial charge in [-0.25, -0.2) is 0 Å². The molecule has 3 nitrogen and oxygen atoms in total. The third-order valence-electron chi connectivity index (χ3n) is 4.64. The maximum atomic E-state index is 12.2. The van der Waals surface area contributed by atoms with Crippen LogP contribution in [-0.2, 0) is 17.6 Å². The summed E-state index contributed by atoms with van der Waals surface area (Å²) in [5, 5.41) is 0. The molecule has 0 saturated heterocycles. The average molecular weight is 330 g/mol. The van der Waals surface area contributed by atoms with Gasteiger partial charge in [0.2, 0.25) is 0 Å². The van der Waals surface area contributed by atoms with Crippen LogP contribution in [0.5, 0.6) is 0 Å². The molecule has 2 heterocycles. The highest BCUT2D eigenvalue weighted by Crippen LogP contribution is 2.19. The van der Waals surface area contributed by atoms with Crippen LogP contribution >= 0.6 is 0 Å². The number of hydrogen-bond donors (Lipinski definition) is 0. The Morgan fingerprint density at radius 3 is 1.71 bits per heavy atom. The predicted octanol–water partition coefficient (Wildman–Crippen LogP) is 5.84. The van der Waals surface area contributed by atoms with Gasteiger partial charge in [-0.3, -0.25) is 4.79 Å². The van der Waals surface area contributed by atoms with Crippen molar-refractivity contribution in [1.82, 2.24) is 0 Å². The molecule has 0 aromatic carbocycles. The van der Waals surface area contributed by atoms with Crippen molar-refractivity contribution in [2.45, 2.75) is 65.2 Å². The summed E-state index contributed by atoms with van der Waals surface area (Å²) in [6.07, 6.45) is 15.0. The second-order valence-electron chi connectivity index (χ2n) is 7.20. The minimum Gasteiger partial charge on any atom is -0.472 e. The summed E-state index contributed by atoms with van der Waals surface area (Å²) < 4.78 is 10.2. The molecule has 0 spiro atoms. The summed E-state index contributed by atoms with van der Waals surface area (Å²) >= 11 is 0. The Hall–Kier alpha value is -1.77. The van der Waals surface area contributed by atoms with Gasteiger partial charge in [-0.05, 0) is 73.6 Å². The number of carbonyl (C=O) groups excluding carboxylic acids is 1. The van der Waals surface area contributed by atoms with Crippen LogP contribution in [0.4, 0.5) is 0 Å². The first kappa shape index (κ1) is 18.6. The van der Waals surface area contributed by atoms with Crippen LogP contribution in [0.15, 0.2) is 46.0 Å². The first-order chi connectivity index (χ1) is 11.6. The lowest BCUT2D eigenvalue weighted by Crippen LogP contribution is -2.10. The number of furan rings is 2. The van der Waals surface area contributed by atoms with Crippen molar-refractivity contribution in [3.63, 3.8) is 0 Å². The van der Waals surface area contributed by atoms with Gasteiger partial charge in [-0.15, -0.1) is 0 Å². The third kappa shape index (κ3) is 7.20. The second kappa shape index (κ2) is 10.2. The summed E-state index contributed by atoms with van der Waals surface area (Å²) in [7, 11) is 0. The predicted molar refractivity (Wildman–Crippen MR) is 95.9 cm³/mol. The number of carbonyl (C=O) groups is 1. The Morgan fingerprint density at radius 2 is 1.33 bits per heavy atom. The van der Waals surface area contributed by atoms with Gasteiger partial charge in [0.15, 0.2) is 0 Å². The fourth-order valence-electron chi connectivity index (χ4n) is 3.24. The molecule has 0 radical (unpaired) electrons. The highest BCUT2D eigenvalue weighted by Gasteiger charge is 2.13. The van der Waals surface area contributed by atoms with Crippen LogP contribution in [0.3, 0.4) is 0 Å². The average Bonchev–Trinajstić information content (AvgIpc) is 3.20. The molecule has 0 aliphatic heterocycles. The minimum absolute atomic E-state index is 0.418. The van der Waals surface area contributed by atoms with E-state index in [2.05, 4.69) is 13.8 Å². The van der Waals surface area contributed by atoms with E-state index in [9.17, 15) is 4.79 Å². The molecule has 0 amide bonds. The number of aryl methyl sites for hydroxylation is 2. The van der Waals surface area contributed by atoms with Crippen LogP contribution in [-0.4, -0.2) is 5.78 Å².